The zero-order chi connectivity index (χ0) is 24.5. The number of hydrogen-bond donors (Lipinski definition) is 0. The van der Waals surface area contributed by atoms with Gasteiger partial charge in [0.25, 0.3) is 5.91 Å². The van der Waals surface area contributed by atoms with E-state index in [1.54, 1.807) is 44.3 Å². The number of nitrogens with zero attached hydrogens (tertiary/aromatic N) is 2. The molecule has 0 atom stereocenters. The zero-order valence-corrected chi connectivity index (χ0v) is 21.5. The fraction of sp³-hybridized carbons (Fsp3) is 0.292. The highest BCUT2D eigenvalue weighted by Gasteiger charge is 2.33. The smallest absolute Gasteiger partial charge is 0.344 e. The Morgan fingerprint density at radius 1 is 1.18 bits per heavy atom. The second-order valence-electron chi connectivity index (χ2n) is 6.93. The monoisotopic (exact) mass is 548 g/mol. The van der Waals surface area contributed by atoms with Crippen molar-refractivity contribution in [3.8, 4) is 11.5 Å². The Morgan fingerprint density at radius 3 is 2.62 bits per heavy atom. The average molecular weight is 549 g/mol. The van der Waals surface area contributed by atoms with Crippen molar-refractivity contribution in [2.75, 3.05) is 40.6 Å². The molecule has 1 heterocycles. The predicted molar refractivity (Wildman–Crippen MR) is 136 cm³/mol. The molecule has 0 bridgehead atoms. The van der Waals surface area contributed by atoms with Gasteiger partial charge in [0.05, 0.1) is 37.5 Å². The van der Waals surface area contributed by atoms with Crippen molar-refractivity contribution < 1.29 is 28.5 Å². The quantitative estimate of drug-likeness (QED) is 0.315. The number of amides is 1. The maximum Gasteiger partial charge on any atom is 0.344 e. The highest BCUT2D eigenvalue weighted by atomic mass is 79.9. The molecule has 34 heavy (non-hydrogen) atoms. The van der Waals surface area contributed by atoms with E-state index in [9.17, 15) is 9.59 Å². The summed E-state index contributed by atoms with van der Waals surface area (Å²) in [6.07, 6.45) is 1.73. The second kappa shape index (κ2) is 12.6. The third-order valence-electron chi connectivity index (χ3n) is 4.61. The van der Waals surface area contributed by atoms with Gasteiger partial charge in [0.2, 0.25) is 0 Å². The summed E-state index contributed by atoms with van der Waals surface area (Å²) < 4.78 is 21.8. The number of ether oxygens (including phenoxy) is 4. The van der Waals surface area contributed by atoms with Crippen LogP contribution in [0.5, 0.6) is 11.5 Å². The van der Waals surface area contributed by atoms with Crippen molar-refractivity contribution in [2.24, 2.45) is 4.99 Å². The molecule has 0 saturated carbocycles. The van der Waals surface area contributed by atoms with Gasteiger partial charge in [0.15, 0.2) is 11.8 Å². The Bertz CT molecular complexity index is 1090. The molecule has 2 aromatic rings. The van der Waals surface area contributed by atoms with E-state index in [4.69, 9.17) is 18.9 Å². The highest BCUT2D eigenvalue weighted by Crippen LogP contribution is 2.36. The molecule has 0 spiro atoms. The van der Waals surface area contributed by atoms with Gasteiger partial charge in [-0.1, -0.05) is 15.9 Å². The number of benzene rings is 2. The molecule has 0 aromatic heterocycles. The molecule has 0 unspecified atom stereocenters. The third kappa shape index (κ3) is 6.85. The predicted octanol–water partition coefficient (Wildman–Crippen LogP) is 4.65. The van der Waals surface area contributed by atoms with Crippen LogP contribution in [0.25, 0.3) is 6.08 Å². The van der Waals surface area contributed by atoms with Gasteiger partial charge in [0.1, 0.15) is 11.5 Å². The van der Waals surface area contributed by atoms with Crippen molar-refractivity contribution >= 4 is 56.5 Å². The Hall–Kier alpha value is -2.82. The summed E-state index contributed by atoms with van der Waals surface area (Å²) >= 11 is 4.71. The largest absolute Gasteiger partial charge is 0.497 e. The van der Waals surface area contributed by atoms with E-state index < -0.39 is 5.97 Å². The molecule has 0 aliphatic carbocycles. The van der Waals surface area contributed by atoms with Gasteiger partial charge in [-0.2, -0.15) is 0 Å². The lowest BCUT2D eigenvalue weighted by Gasteiger charge is -2.14. The lowest BCUT2D eigenvalue weighted by atomic mass is 10.2. The summed E-state index contributed by atoms with van der Waals surface area (Å²) in [7, 11) is 3.18. The number of amidine groups is 1. The normalized spacial score (nSPS) is 15.8. The lowest BCUT2D eigenvalue weighted by Crippen LogP contribution is -2.32. The first kappa shape index (κ1) is 25.8. The number of rotatable bonds is 10. The number of carbonyl (C=O) groups is 2. The number of carbonyl (C=O) groups excluding carboxylic acids is 2. The standard InChI is InChI=1S/C24H25BrN2O6S/c1-4-32-22(28)15-33-20-10-5-17(25)13-16(20)14-21-23(29)27(11-12-30-2)24(34-21)26-18-6-8-19(31-3)9-7-18/h5-10,13-14H,4,11-12,15H2,1-3H3/b21-14-,26-24?. The fourth-order valence-corrected chi connectivity index (χ4v) is 4.38. The van der Waals surface area contributed by atoms with Gasteiger partial charge in [-0.3, -0.25) is 9.69 Å². The van der Waals surface area contributed by atoms with Crippen LogP contribution in [0.3, 0.4) is 0 Å². The fourth-order valence-electron chi connectivity index (χ4n) is 2.98. The Morgan fingerprint density at radius 2 is 1.94 bits per heavy atom. The van der Waals surface area contributed by atoms with Gasteiger partial charge in [-0.05, 0) is 67.2 Å². The van der Waals surface area contributed by atoms with Crippen molar-refractivity contribution in [3.05, 3.63) is 57.4 Å². The van der Waals surface area contributed by atoms with Crippen LogP contribution in [0.1, 0.15) is 12.5 Å². The minimum absolute atomic E-state index is 0.189. The number of esters is 1. The number of methoxy groups -OCH3 is 2. The summed E-state index contributed by atoms with van der Waals surface area (Å²) in [6, 6.07) is 12.6. The Kier molecular flexibility index (Phi) is 9.55. The molecule has 3 rings (SSSR count). The first-order chi connectivity index (χ1) is 16.4. The topological polar surface area (TPSA) is 86.7 Å². The minimum atomic E-state index is -0.463. The van der Waals surface area contributed by atoms with Crippen LogP contribution in [-0.4, -0.2) is 62.5 Å². The number of hydrogen-bond acceptors (Lipinski definition) is 8. The van der Waals surface area contributed by atoms with Crippen molar-refractivity contribution in [3.63, 3.8) is 0 Å². The van der Waals surface area contributed by atoms with Crippen molar-refractivity contribution in [1.82, 2.24) is 4.90 Å². The van der Waals surface area contributed by atoms with E-state index in [-0.39, 0.29) is 19.1 Å². The third-order valence-corrected chi connectivity index (χ3v) is 6.11. The average Bonchev–Trinajstić information content (AvgIpc) is 3.11. The molecule has 180 valence electrons. The summed E-state index contributed by atoms with van der Waals surface area (Å²) in [5.41, 5.74) is 1.34. The first-order valence-electron chi connectivity index (χ1n) is 10.5. The molecule has 0 N–H and O–H groups in total. The molecular formula is C24H25BrN2O6S. The summed E-state index contributed by atoms with van der Waals surface area (Å²) in [5, 5.41) is 0.544. The molecule has 10 heteroatoms. The molecule has 2 aromatic carbocycles. The van der Waals surface area contributed by atoms with E-state index in [0.717, 1.165) is 10.2 Å². The van der Waals surface area contributed by atoms with Crippen LogP contribution in [-0.2, 0) is 19.1 Å². The van der Waals surface area contributed by atoms with E-state index in [1.807, 2.05) is 30.3 Å². The highest BCUT2D eigenvalue weighted by molar-refractivity contribution is 9.10. The van der Waals surface area contributed by atoms with E-state index >= 15 is 0 Å². The minimum Gasteiger partial charge on any atom is -0.497 e. The molecule has 1 saturated heterocycles. The van der Waals surface area contributed by atoms with Crippen molar-refractivity contribution in [1.29, 1.82) is 0 Å². The molecule has 0 radical (unpaired) electrons. The van der Waals surface area contributed by atoms with E-state index in [0.29, 0.717) is 40.2 Å². The molecule has 1 amide bonds. The summed E-state index contributed by atoms with van der Waals surface area (Å²) in [4.78, 5) is 31.7. The van der Waals surface area contributed by atoms with Crippen LogP contribution < -0.4 is 9.47 Å². The Balaban J connectivity index is 1.90. The van der Waals surface area contributed by atoms with Gasteiger partial charge in [-0.15, -0.1) is 0 Å². The van der Waals surface area contributed by atoms with E-state index in [1.165, 1.54) is 11.8 Å². The molecular weight excluding hydrogens is 524 g/mol. The SMILES string of the molecule is CCOC(=O)COc1ccc(Br)cc1/C=C1\SC(=Nc2ccc(OC)cc2)N(CCOC)C1=O. The van der Waals surface area contributed by atoms with Gasteiger partial charge < -0.3 is 18.9 Å². The van der Waals surface area contributed by atoms with Gasteiger partial charge in [-0.25, -0.2) is 9.79 Å². The van der Waals surface area contributed by atoms with Crippen LogP contribution in [0.2, 0.25) is 0 Å². The van der Waals surface area contributed by atoms with Crippen molar-refractivity contribution in [2.45, 2.75) is 6.92 Å². The van der Waals surface area contributed by atoms with Crippen LogP contribution in [0.4, 0.5) is 5.69 Å². The molecule has 1 aliphatic heterocycles. The van der Waals surface area contributed by atoms with Crippen LogP contribution in [0.15, 0.2) is 56.8 Å². The second-order valence-corrected chi connectivity index (χ2v) is 8.85. The number of halogens is 1. The first-order valence-corrected chi connectivity index (χ1v) is 12.1. The van der Waals surface area contributed by atoms with Gasteiger partial charge >= 0.3 is 5.97 Å². The number of aliphatic imine (C=N–C) groups is 1. The molecule has 1 fully saturated rings. The summed E-state index contributed by atoms with van der Waals surface area (Å²) in [5.74, 6) is 0.530. The summed E-state index contributed by atoms with van der Waals surface area (Å²) in [6.45, 7) is 2.51. The Labute approximate surface area is 211 Å². The molecule has 8 nitrogen and oxygen atoms in total. The van der Waals surface area contributed by atoms with E-state index in [2.05, 4.69) is 20.9 Å². The maximum absolute atomic E-state index is 13.2. The lowest BCUT2D eigenvalue weighted by molar-refractivity contribution is -0.145. The maximum atomic E-state index is 13.2. The van der Waals surface area contributed by atoms with Crippen LogP contribution >= 0.6 is 27.7 Å². The van der Waals surface area contributed by atoms with Crippen LogP contribution in [0, 0.1) is 0 Å². The van der Waals surface area contributed by atoms with Gasteiger partial charge in [0, 0.05) is 17.1 Å². The molecule has 1 aliphatic rings. The zero-order valence-electron chi connectivity index (χ0n) is 19.1. The number of thioether (sulfide) groups is 1.